The first-order chi connectivity index (χ1) is 6.83. The lowest BCUT2D eigenvalue weighted by atomic mass is 9.97. The second kappa shape index (κ2) is 4.03. The summed E-state index contributed by atoms with van der Waals surface area (Å²) in [5.41, 5.74) is 5.85. The van der Waals surface area contributed by atoms with Crippen molar-refractivity contribution in [2.45, 2.75) is 31.7 Å². The Labute approximate surface area is 85.7 Å². The van der Waals surface area contributed by atoms with E-state index in [4.69, 9.17) is 5.73 Å². The summed E-state index contributed by atoms with van der Waals surface area (Å²) in [5, 5.41) is 0. The minimum absolute atomic E-state index is 0.551. The highest BCUT2D eigenvalue weighted by molar-refractivity contribution is 5.80. The number of nitrogens with zero attached hydrogens (tertiary/aromatic N) is 2. The van der Waals surface area contributed by atoms with E-state index in [0.717, 1.165) is 19.0 Å². The van der Waals surface area contributed by atoms with E-state index < -0.39 is 0 Å². The molecule has 0 radical (unpaired) electrons. The molecule has 2 N–H and O–H groups in total. The van der Waals surface area contributed by atoms with E-state index in [1.54, 1.807) is 0 Å². The molecule has 0 spiro atoms. The van der Waals surface area contributed by atoms with E-state index in [1.165, 1.54) is 25.7 Å². The molecule has 1 atom stereocenters. The zero-order valence-corrected chi connectivity index (χ0v) is 8.65. The van der Waals surface area contributed by atoms with E-state index in [2.05, 4.69) is 16.5 Å². The molecule has 0 aromatic carbocycles. The molecule has 0 aromatic rings. The van der Waals surface area contributed by atoms with Crippen LogP contribution in [0, 0.1) is 5.92 Å². The van der Waals surface area contributed by atoms with Gasteiger partial charge in [0.25, 0.3) is 0 Å². The van der Waals surface area contributed by atoms with Gasteiger partial charge < -0.3 is 10.6 Å². The van der Waals surface area contributed by atoms with Crippen LogP contribution < -0.4 is 5.73 Å². The van der Waals surface area contributed by atoms with Crippen LogP contribution in [0.4, 0.5) is 0 Å². The van der Waals surface area contributed by atoms with Gasteiger partial charge in [-0.3, -0.25) is 4.99 Å². The first-order valence-corrected chi connectivity index (χ1v) is 5.50. The summed E-state index contributed by atoms with van der Waals surface area (Å²) in [6, 6.07) is 0.551. The summed E-state index contributed by atoms with van der Waals surface area (Å²) in [6.07, 6.45) is 7.36. The average molecular weight is 193 g/mol. The van der Waals surface area contributed by atoms with E-state index in [-0.39, 0.29) is 0 Å². The first-order valence-electron chi connectivity index (χ1n) is 5.50. The lowest BCUT2D eigenvalue weighted by molar-refractivity contribution is 0.269. The summed E-state index contributed by atoms with van der Waals surface area (Å²) in [7, 11) is 0. The van der Waals surface area contributed by atoms with Crippen molar-refractivity contribution < 1.29 is 0 Å². The molecule has 2 aliphatic rings. The van der Waals surface area contributed by atoms with Crippen LogP contribution >= 0.6 is 0 Å². The largest absolute Gasteiger partial charge is 0.370 e. The molecule has 14 heavy (non-hydrogen) atoms. The first kappa shape index (κ1) is 9.56. The maximum absolute atomic E-state index is 5.85. The number of nitrogens with two attached hydrogens (primary N) is 1. The fourth-order valence-corrected chi connectivity index (χ4v) is 2.66. The van der Waals surface area contributed by atoms with Crippen LogP contribution in [0.5, 0.6) is 0 Å². The summed E-state index contributed by atoms with van der Waals surface area (Å²) in [5.74, 6) is 1.52. The fourth-order valence-electron chi connectivity index (χ4n) is 2.66. The Morgan fingerprint density at radius 2 is 2.21 bits per heavy atom. The Morgan fingerprint density at radius 1 is 1.50 bits per heavy atom. The molecule has 2 rings (SSSR count). The van der Waals surface area contributed by atoms with E-state index in [1.807, 2.05) is 6.08 Å². The molecular formula is C11H19N3. The van der Waals surface area contributed by atoms with Crippen molar-refractivity contribution in [1.29, 1.82) is 0 Å². The summed E-state index contributed by atoms with van der Waals surface area (Å²) in [6.45, 7) is 5.50. The molecule has 3 nitrogen and oxygen atoms in total. The van der Waals surface area contributed by atoms with Crippen molar-refractivity contribution >= 4 is 5.96 Å². The van der Waals surface area contributed by atoms with Gasteiger partial charge in [-0.15, -0.1) is 6.58 Å². The van der Waals surface area contributed by atoms with Gasteiger partial charge in [-0.25, -0.2) is 0 Å². The Kier molecular flexibility index (Phi) is 2.75. The third kappa shape index (κ3) is 1.63. The van der Waals surface area contributed by atoms with Crippen molar-refractivity contribution in [3.63, 3.8) is 0 Å². The molecule has 1 fully saturated rings. The predicted octanol–water partition coefficient (Wildman–Crippen LogP) is 1.36. The number of rotatable bonds is 3. The highest BCUT2D eigenvalue weighted by Gasteiger charge is 2.33. The van der Waals surface area contributed by atoms with Crippen molar-refractivity contribution in [3.8, 4) is 0 Å². The molecular weight excluding hydrogens is 174 g/mol. The third-order valence-electron chi connectivity index (χ3n) is 3.40. The van der Waals surface area contributed by atoms with Gasteiger partial charge in [0.1, 0.15) is 0 Å². The number of hydrogen-bond donors (Lipinski definition) is 1. The normalized spacial score (nSPS) is 28.1. The second-order valence-electron chi connectivity index (χ2n) is 4.25. The van der Waals surface area contributed by atoms with Gasteiger partial charge in [0, 0.05) is 6.54 Å². The fraction of sp³-hybridized carbons (Fsp3) is 0.727. The van der Waals surface area contributed by atoms with Gasteiger partial charge >= 0.3 is 0 Å². The number of guanidine groups is 1. The molecule has 1 aliphatic carbocycles. The second-order valence-corrected chi connectivity index (χ2v) is 4.25. The lowest BCUT2D eigenvalue weighted by Gasteiger charge is -2.29. The monoisotopic (exact) mass is 193 g/mol. The summed E-state index contributed by atoms with van der Waals surface area (Å²) < 4.78 is 0. The molecule has 1 unspecified atom stereocenters. The van der Waals surface area contributed by atoms with Crippen LogP contribution in [-0.2, 0) is 0 Å². The number of aliphatic imine (C=N–C) groups is 1. The van der Waals surface area contributed by atoms with Crippen LogP contribution in [0.3, 0.4) is 0 Å². The van der Waals surface area contributed by atoms with Crippen molar-refractivity contribution in [2.75, 3.05) is 13.1 Å². The van der Waals surface area contributed by atoms with Crippen LogP contribution in [0.15, 0.2) is 17.6 Å². The Hall–Kier alpha value is -0.990. The number of hydrogen-bond acceptors (Lipinski definition) is 3. The van der Waals surface area contributed by atoms with Gasteiger partial charge in [-0.2, -0.15) is 0 Å². The highest BCUT2D eigenvalue weighted by Crippen LogP contribution is 2.32. The SMILES string of the molecule is C=CCN1C(N)=NCC1C1CCCC1. The molecule has 1 saturated carbocycles. The lowest BCUT2D eigenvalue weighted by Crippen LogP contribution is -2.44. The maximum atomic E-state index is 5.85. The molecule has 1 heterocycles. The smallest absolute Gasteiger partial charge is 0.191 e. The van der Waals surface area contributed by atoms with Crippen LogP contribution in [0.1, 0.15) is 25.7 Å². The minimum atomic E-state index is 0.551. The van der Waals surface area contributed by atoms with Crippen LogP contribution in [0.25, 0.3) is 0 Å². The standard InChI is InChI=1S/C11H19N3/c1-2-7-14-10(8-13-11(14)12)9-5-3-4-6-9/h2,9-10H,1,3-8H2,(H2,12,13). The molecule has 0 amide bonds. The topological polar surface area (TPSA) is 41.6 Å². The van der Waals surface area contributed by atoms with Gasteiger partial charge in [-0.05, 0) is 18.8 Å². The van der Waals surface area contributed by atoms with Gasteiger partial charge in [-0.1, -0.05) is 18.9 Å². The van der Waals surface area contributed by atoms with E-state index in [0.29, 0.717) is 12.0 Å². The molecule has 1 aliphatic heterocycles. The molecule has 0 saturated heterocycles. The third-order valence-corrected chi connectivity index (χ3v) is 3.40. The van der Waals surface area contributed by atoms with Gasteiger partial charge in [0.05, 0.1) is 12.6 Å². The minimum Gasteiger partial charge on any atom is -0.370 e. The van der Waals surface area contributed by atoms with E-state index >= 15 is 0 Å². The maximum Gasteiger partial charge on any atom is 0.191 e. The average Bonchev–Trinajstić information content (AvgIpc) is 2.77. The Bertz CT molecular complexity index is 241. The Morgan fingerprint density at radius 3 is 2.86 bits per heavy atom. The zero-order chi connectivity index (χ0) is 9.97. The van der Waals surface area contributed by atoms with Crippen LogP contribution in [0.2, 0.25) is 0 Å². The quantitative estimate of drug-likeness (QED) is 0.688. The highest BCUT2D eigenvalue weighted by atomic mass is 15.3. The van der Waals surface area contributed by atoms with Crippen molar-refractivity contribution in [2.24, 2.45) is 16.6 Å². The zero-order valence-electron chi connectivity index (χ0n) is 8.65. The van der Waals surface area contributed by atoms with Gasteiger partial charge in [0.15, 0.2) is 5.96 Å². The van der Waals surface area contributed by atoms with E-state index in [9.17, 15) is 0 Å². The van der Waals surface area contributed by atoms with Gasteiger partial charge in [0.2, 0.25) is 0 Å². The Balaban J connectivity index is 2.01. The van der Waals surface area contributed by atoms with Crippen molar-refractivity contribution in [1.82, 2.24) is 4.90 Å². The predicted molar refractivity (Wildman–Crippen MR) is 59.1 cm³/mol. The molecule has 3 heteroatoms. The molecule has 0 bridgehead atoms. The molecule has 78 valence electrons. The molecule has 0 aromatic heterocycles. The summed E-state index contributed by atoms with van der Waals surface area (Å²) in [4.78, 5) is 6.55. The summed E-state index contributed by atoms with van der Waals surface area (Å²) >= 11 is 0. The van der Waals surface area contributed by atoms with Crippen molar-refractivity contribution in [3.05, 3.63) is 12.7 Å². The van der Waals surface area contributed by atoms with Crippen LogP contribution in [-0.4, -0.2) is 30.0 Å².